The monoisotopic (exact) mass is 425 g/mol. The maximum absolute atomic E-state index is 13.2. The Bertz CT molecular complexity index is 1320. The highest BCUT2D eigenvalue weighted by Gasteiger charge is 2.14. The zero-order chi connectivity index (χ0) is 20.4. The zero-order valence-electron chi connectivity index (χ0n) is 15.0. The van der Waals surface area contributed by atoms with Crippen LogP contribution in [0.4, 0.5) is 0 Å². The summed E-state index contributed by atoms with van der Waals surface area (Å²) in [7, 11) is 0. The molecule has 4 nitrogen and oxygen atoms in total. The van der Waals surface area contributed by atoms with Crippen LogP contribution in [0.3, 0.4) is 0 Å². The lowest BCUT2D eigenvalue weighted by Gasteiger charge is -2.07. The highest BCUT2D eigenvalue weighted by molar-refractivity contribution is 7.07. The molecule has 138 valence electrons. The summed E-state index contributed by atoms with van der Waals surface area (Å²) in [4.78, 5) is 13.2. The molecule has 2 aromatic carbocycles. The van der Waals surface area contributed by atoms with Crippen molar-refractivity contribution in [3.8, 4) is 17.8 Å². The Morgan fingerprint density at radius 3 is 2.36 bits per heavy atom. The van der Waals surface area contributed by atoms with Crippen molar-refractivity contribution in [1.82, 2.24) is 4.57 Å². The van der Waals surface area contributed by atoms with E-state index in [-0.39, 0.29) is 15.8 Å². The first-order valence-corrected chi connectivity index (χ1v) is 9.74. The van der Waals surface area contributed by atoms with Crippen LogP contribution in [0.25, 0.3) is 17.3 Å². The molecule has 3 aromatic rings. The van der Waals surface area contributed by atoms with E-state index in [1.165, 1.54) is 4.57 Å². The van der Waals surface area contributed by atoms with Crippen LogP contribution in [0.2, 0.25) is 10.0 Å². The molecule has 0 spiro atoms. The zero-order valence-corrected chi connectivity index (χ0v) is 17.3. The van der Waals surface area contributed by atoms with Gasteiger partial charge in [-0.1, -0.05) is 41.4 Å². The predicted octanol–water partition coefficient (Wildman–Crippen LogP) is 3.85. The van der Waals surface area contributed by atoms with Crippen molar-refractivity contribution in [1.29, 1.82) is 10.5 Å². The summed E-state index contributed by atoms with van der Waals surface area (Å²) in [6.45, 7) is 3.78. The highest BCUT2D eigenvalue weighted by Crippen LogP contribution is 2.24. The molecule has 0 aliphatic rings. The second-order valence-electron chi connectivity index (χ2n) is 6.08. The third-order valence-electron chi connectivity index (χ3n) is 4.14. The molecule has 0 saturated heterocycles. The fourth-order valence-corrected chi connectivity index (χ4v) is 4.27. The third kappa shape index (κ3) is 3.61. The maximum Gasteiger partial charge on any atom is 0.273 e. The van der Waals surface area contributed by atoms with E-state index in [4.69, 9.17) is 23.2 Å². The van der Waals surface area contributed by atoms with Crippen LogP contribution in [0.15, 0.2) is 41.2 Å². The second kappa shape index (κ2) is 8.04. The summed E-state index contributed by atoms with van der Waals surface area (Å²) >= 11 is 13.5. The number of rotatable bonds is 2. The molecule has 0 saturated carbocycles. The summed E-state index contributed by atoms with van der Waals surface area (Å²) in [5.41, 5.74) is 2.48. The van der Waals surface area contributed by atoms with Gasteiger partial charge in [-0.25, -0.2) is 0 Å². The van der Waals surface area contributed by atoms with Gasteiger partial charge in [0.25, 0.3) is 5.56 Å². The van der Waals surface area contributed by atoms with E-state index < -0.39 is 0 Å². The van der Waals surface area contributed by atoms with Gasteiger partial charge in [0.1, 0.15) is 16.8 Å². The van der Waals surface area contributed by atoms with Crippen molar-refractivity contribution >= 4 is 46.2 Å². The molecule has 0 bridgehead atoms. The first-order chi connectivity index (χ1) is 13.4. The second-order valence-corrected chi connectivity index (χ2v) is 7.93. The number of aryl methyl sites for hydroxylation is 2. The van der Waals surface area contributed by atoms with Crippen LogP contribution in [-0.4, -0.2) is 4.57 Å². The summed E-state index contributed by atoms with van der Waals surface area (Å²) in [5, 5.41) is 19.6. The van der Waals surface area contributed by atoms with Crippen molar-refractivity contribution < 1.29 is 0 Å². The molecular formula is C21H13Cl2N3OS. The van der Waals surface area contributed by atoms with Crippen molar-refractivity contribution in [2.75, 3.05) is 0 Å². The van der Waals surface area contributed by atoms with Crippen LogP contribution >= 0.6 is 34.5 Å². The van der Waals surface area contributed by atoms with Crippen LogP contribution < -0.4 is 14.8 Å². The number of hydrogen-bond donors (Lipinski definition) is 0. The molecule has 0 unspecified atom stereocenters. The van der Waals surface area contributed by atoms with E-state index >= 15 is 0 Å². The molecule has 0 aliphatic carbocycles. The molecule has 0 fully saturated rings. The van der Waals surface area contributed by atoms with Crippen molar-refractivity contribution in [3.63, 3.8) is 0 Å². The van der Waals surface area contributed by atoms with Crippen LogP contribution in [0, 0.1) is 36.5 Å². The van der Waals surface area contributed by atoms with Crippen LogP contribution in [-0.2, 0) is 0 Å². The minimum Gasteiger partial charge on any atom is -0.267 e. The Morgan fingerprint density at radius 1 is 1.11 bits per heavy atom. The smallest absolute Gasteiger partial charge is 0.267 e. The molecule has 1 aromatic heterocycles. The number of nitrogens with zero attached hydrogens (tertiary/aromatic N) is 3. The number of benzene rings is 2. The van der Waals surface area contributed by atoms with Crippen molar-refractivity contribution in [3.05, 3.63) is 82.7 Å². The number of aromatic nitrogens is 1. The summed E-state index contributed by atoms with van der Waals surface area (Å²) in [6.07, 6.45) is 1.59. The lowest BCUT2D eigenvalue weighted by Crippen LogP contribution is -2.31. The molecule has 3 rings (SSSR count). The minimum atomic E-state index is -0.340. The van der Waals surface area contributed by atoms with Gasteiger partial charge in [-0.3, -0.25) is 9.36 Å². The fraction of sp³-hybridized carbons (Fsp3) is 0.0952. The van der Waals surface area contributed by atoms with Gasteiger partial charge < -0.3 is 0 Å². The Morgan fingerprint density at radius 2 is 1.75 bits per heavy atom. The summed E-state index contributed by atoms with van der Waals surface area (Å²) < 4.78 is 2.01. The standard InChI is InChI=1S/C21H13Cl2N3OS/c1-12-6-7-13(2)18(8-12)26-20(27)19(28-21(26)14(10-24)11-25)9-15-16(22)4-3-5-17(15)23/h3-9H,1-2H3. The fourth-order valence-electron chi connectivity index (χ4n) is 2.73. The SMILES string of the molecule is Cc1ccc(C)c(-n2c(=C(C#N)C#N)sc(=Cc3c(Cl)cccc3Cl)c2=O)c1. The predicted molar refractivity (Wildman–Crippen MR) is 113 cm³/mol. The maximum atomic E-state index is 13.2. The Labute approximate surface area is 175 Å². The minimum absolute atomic E-state index is 0.132. The van der Waals surface area contributed by atoms with Gasteiger partial charge in [0.2, 0.25) is 0 Å². The van der Waals surface area contributed by atoms with Crippen molar-refractivity contribution in [2.45, 2.75) is 13.8 Å². The van der Waals surface area contributed by atoms with E-state index in [9.17, 15) is 15.3 Å². The molecule has 0 atom stereocenters. The molecule has 0 N–H and O–H groups in total. The largest absolute Gasteiger partial charge is 0.273 e. The van der Waals surface area contributed by atoms with Gasteiger partial charge in [0, 0.05) is 15.6 Å². The van der Waals surface area contributed by atoms with Crippen LogP contribution in [0.5, 0.6) is 0 Å². The van der Waals surface area contributed by atoms with Crippen molar-refractivity contribution in [2.24, 2.45) is 0 Å². The molecular weight excluding hydrogens is 413 g/mol. The quantitative estimate of drug-likeness (QED) is 0.625. The average Bonchev–Trinajstić information content (AvgIpc) is 2.97. The van der Waals surface area contributed by atoms with Gasteiger partial charge in [-0.15, -0.1) is 11.3 Å². The van der Waals surface area contributed by atoms with E-state index in [2.05, 4.69) is 0 Å². The molecule has 1 heterocycles. The normalized spacial score (nSPS) is 11.1. The third-order valence-corrected chi connectivity index (χ3v) is 5.89. The lowest BCUT2D eigenvalue weighted by molar-refractivity contribution is 0.972. The molecule has 0 radical (unpaired) electrons. The molecule has 7 heteroatoms. The van der Waals surface area contributed by atoms with Gasteiger partial charge in [-0.2, -0.15) is 10.5 Å². The number of hydrogen-bond acceptors (Lipinski definition) is 4. The van der Waals surface area contributed by atoms with E-state index in [0.29, 0.717) is 25.8 Å². The first-order valence-electron chi connectivity index (χ1n) is 8.17. The Kier molecular flexibility index (Phi) is 5.72. The lowest BCUT2D eigenvalue weighted by atomic mass is 10.1. The molecule has 28 heavy (non-hydrogen) atoms. The average molecular weight is 426 g/mol. The summed E-state index contributed by atoms with van der Waals surface area (Å²) in [5.74, 6) is 0. The van der Waals surface area contributed by atoms with E-state index in [1.807, 2.05) is 44.2 Å². The van der Waals surface area contributed by atoms with Gasteiger partial charge in [0.15, 0.2) is 5.57 Å². The van der Waals surface area contributed by atoms with Crippen LogP contribution in [0.1, 0.15) is 16.7 Å². The van der Waals surface area contributed by atoms with E-state index in [1.54, 1.807) is 24.3 Å². The number of nitriles is 2. The number of thiazole rings is 1. The molecule has 0 amide bonds. The topological polar surface area (TPSA) is 69.6 Å². The number of halogens is 2. The highest BCUT2D eigenvalue weighted by atomic mass is 35.5. The van der Waals surface area contributed by atoms with Gasteiger partial charge >= 0.3 is 0 Å². The van der Waals surface area contributed by atoms with Gasteiger partial charge in [-0.05, 0) is 49.2 Å². The summed E-state index contributed by atoms with van der Waals surface area (Å²) in [6, 6.07) is 14.5. The van der Waals surface area contributed by atoms with Gasteiger partial charge in [0.05, 0.1) is 10.2 Å². The first kappa shape index (κ1) is 19.9. The molecule has 0 aliphatic heterocycles. The Balaban J connectivity index is 2.50. The van der Waals surface area contributed by atoms with E-state index in [0.717, 1.165) is 22.5 Å². The Hall–Kier alpha value is -2.83.